The van der Waals surface area contributed by atoms with Crippen LogP contribution >= 0.6 is 0 Å². The number of benzene rings is 1. The maximum Gasteiger partial charge on any atom is 0.259 e. The second-order valence-corrected chi connectivity index (χ2v) is 4.46. The van der Waals surface area contributed by atoms with Crippen LogP contribution in [0.15, 0.2) is 30.5 Å². The first-order chi connectivity index (χ1) is 9.10. The van der Waals surface area contributed by atoms with Crippen molar-refractivity contribution in [2.75, 3.05) is 5.32 Å². The Balaban J connectivity index is 2.18. The minimum absolute atomic E-state index is 0.177. The summed E-state index contributed by atoms with van der Waals surface area (Å²) in [6.45, 7) is 5.82. The van der Waals surface area contributed by atoms with E-state index in [-0.39, 0.29) is 5.91 Å². The summed E-state index contributed by atoms with van der Waals surface area (Å²) in [4.78, 5) is 20.6. The summed E-state index contributed by atoms with van der Waals surface area (Å²) in [6.07, 6.45) is 2.35. The highest BCUT2D eigenvalue weighted by Crippen LogP contribution is 2.12. The summed E-state index contributed by atoms with van der Waals surface area (Å²) >= 11 is 0. The smallest absolute Gasteiger partial charge is 0.259 e. The van der Waals surface area contributed by atoms with E-state index in [1.165, 1.54) is 0 Å². The van der Waals surface area contributed by atoms with Crippen LogP contribution in [0.4, 0.5) is 5.69 Å². The Hall–Kier alpha value is -2.23. The zero-order valence-electron chi connectivity index (χ0n) is 11.4. The van der Waals surface area contributed by atoms with Gasteiger partial charge in [0.2, 0.25) is 0 Å². The van der Waals surface area contributed by atoms with E-state index >= 15 is 0 Å². The number of carbonyl (C=O) groups excluding carboxylic acids is 1. The van der Waals surface area contributed by atoms with Crippen LogP contribution in [0, 0.1) is 13.8 Å². The van der Waals surface area contributed by atoms with Gasteiger partial charge in [-0.2, -0.15) is 0 Å². The van der Waals surface area contributed by atoms with Gasteiger partial charge in [-0.1, -0.05) is 24.6 Å². The number of anilines is 1. The number of hydrogen-bond acceptors (Lipinski definition) is 3. The summed E-state index contributed by atoms with van der Waals surface area (Å²) in [6, 6.07) is 7.67. The highest BCUT2D eigenvalue weighted by atomic mass is 16.1. The molecule has 0 bridgehead atoms. The molecule has 0 radical (unpaired) electrons. The van der Waals surface area contributed by atoms with E-state index in [4.69, 9.17) is 0 Å². The third-order valence-corrected chi connectivity index (χ3v) is 2.90. The zero-order chi connectivity index (χ0) is 13.8. The molecule has 19 heavy (non-hydrogen) atoms. The molecule has 4 heteroatoms. The van der Waals surface area contributed by atoms with Gasteiger partial charge in [-0.05, 0) is 26.0 Å². The Bertz CT molecular complexity index is 591. The van der Waals surface area contributed by atoms with E-state index in [1.54, 1.807) is 6.20 Å². The number of hydrogen-bond donors (Lipinski definition) is 1. The monoisotopic (exact) mass is 255 g/mol. The van der Waals surface area contributed by atoms with Crippen molar-refractivity contribution in [1.29, 1.82) is 0 Å². The number of nitrogens with one attached hydrogen (secondary N) is 1. The Labute approximate surface area is 112 Å². The van der Waals surface area contributed by atoms with Crippen molar-refractivity contribution >= 4 is 11.6 Å². The standard InChI is InChI=1S/C15H17N3O/c1-4-14-16-9-13(11(3)17-14)15(19)18-12-7-5-10(2)6-8-12/h5-9H,4H2,1-3H3,(H,18,19). The van der Waals surface area contributed by atoms with Gasteiger partial charge >= 0.3 is 0 Å². The van der Waals surface area contributed by atoms with E-state index in [1.807, 2.05) is 45.0 Å². The molecule has 0 saturated carbocycles. The lowest BCUT2D eigenvalue weighted by Gasteiger charge is -2.08. The molecule has 1 aromatic heterocycles. The second-order valence-electron chi connectivity index (χ2n) is 4.46. The van der Waals surface area contributed by atoms with Crippen molar-refractivity contribution in [3.63, 3.8) is 0 Å². The Morgan fingerprint density at radius 3 is 2.47 bits per heavy atom. The van der Waals surface area contributed by atoms with Gasteiger partial charge in [-0.3, -0.25) is 4.79 Å². The predicted octanol–water partition coefficient (Wildman–Crippen LogP) is 2.91. The average Bonchev–Trinajstić information content (AvgIpc) is 2.41. The van der Waals surface area contributed by atoms with E-state index in [0.717, 1.165) is 23.5 Å². The van der Waals surface area contributed by atoms with Crippen LogP contribution in [-0.2, 0) is 6.42 Å². The molecule has 1 N–H and O–H groups in total. The molecule has 1 aromatic carbocycles. The normalized spacial score (nSPS) is 10.3. The quantitative estimate of drug-likeness (QED) is 0.917. The van der Waals surface area contributed by atoms with Crippen molar-refractivity contribution in [2.45, 2.75) is 27.2 Å². The van der Waals surface area contributed by atoms with Gasteiger partial charge in [0.25, 0.3) is 5.91 Å². The summed E-state index contributed by atoms with van der Waals surface area (Å²) in [5.74, 6) is 0.577. The number of aryl methyl sites for hydroxylation is 3. The molecule has 0 aliphatic rings. The largest absolute Gasteiger partial charge is 0.322 e. The van der Waals surface area contributed by atoms with Gasteiger partial charge in [0.15, 0.2) is 0 Å². The summed E-state index contributed by atoms with van der Waals surface area (Å²) < 4.78 is 0. The van der Waals surface area contributed by atoms with Crippen molar-refractivity contribution in [3.05, 3.63) is 53.1 Å². The lowest BCUT2D eigenvalue weighted by molar-refractivity contribution is 0.102. The third-order valence-electron chi connectivity index (χ3n) is 2.90. The van der Waals surface area contributed by atoms with Crippen molar-refractivity contribution in [2.24, 2.45) is 0 Å². The zero-order valence-corrected chi connectivity index (χ0v) is 11.4. The Kier molecular flexibility index (Phi) is 3.90. The SMILES string of the molecule is CCc1ncc(C(=O)Nc2ccc(C)cc2)c(C)n1. The van der Waals surface area contributed by atoms with E-state index in [0.29, 0.717) is 11.3 Å². The Morgan fingerprint density at radius 1 is 1.21 bits per heavy atom. The lowest BCUT2D eigenvalue weighted by atomic mass is 10.2. The molecule has 1 heterocycles. The summed E-state index contributed by atoms with van der Waals surface area (Å²) in [5.41, 5.74) is 3.15. The van der Waals surface area contributed by atoms with Crippen LogP contribution in [0.25, 0.3) is 0 Å². The van der Waals surface area contributed by atoms with E-state index in [2.05, 4.69) is 15.3 Å². The first-order valence-electron chi connectivity index (χ1n) is 6.30. The molecule has 0 aliphatic carbocycles. The van der Waals surface area contributed by atoms with Gasteiger partial charge in [0, 0.05) is 18.3 Å². The molecule has 0 atom stereocenters. The van der Waals surface area contributed by atoms with Crippen molar-refractivity contribution in [1.82, 2.24) is 9.97 Å². The minimum atomic E-state index is -0.177. The molecule has 4 nitrogen and oxygen atoms in total. The first kappa shape index (κ1) is 13.2. The highest BCUT2D eigenvalue weighted by Gasteiger charge is 2.11. The molecule has 0 fully saturated rings. The fourth-order valence-electron chi connectivity index (χ4n) is 1.74. The first-order valence-corrected chi connectivity index (χ1v) is 6.30. The lowest BCUT2D eigenvalue weighted by Crippen LogP contribution is -2.15. The summed E-state index contributed by atoms with van der Waals surface area (Å²) in [5, 5.41) is 2.84. The van der Waals surface area contributed by atoms with Crippen molar-refractivity contribution < 1.29 is 4.79 Å². The second kappa shape index (κ2) is 5.61. The van der Waals surface area contributed by atoms with Crippen LogP contribution < -0.4 is 5.32 Å². The Morgan fingerprint density at radius 2 is 1.89 bits per heavy atom. The molecule has 0 spiro atoms. The minimum Gasteiger partial charge on any atom is -0.322 e. The third kappa shape index (κ3) is 3.16. The number of carbonyl (C=O) groups is 1. The molecule has 2 rings (SSSR count). The topological polar surface area (TPSA) is 54.9 Å². The fraction of sp³-hybridized carbons (Fsp3) is 0.267. The van der Waals surface area contributed by atoms with Crippen LogP contribution in [0.5, 0.6) is 0 Å². The molecular formula is C15H17N3O. The van der Waals surface area contributed by atoms with Crippen LogP contribution in [0.1, 0.15) is 34.4 Å². The van der Waals surface area contributed by atoms with Gasteiger partial charge in [-0.15, -0.1) is 0 Å². The predicted molar refractivity (Wildman–Crippen MR) is 75.3 cm³/mol. The average molecular weight is 255 g/mol. The van der Waals surface area contributed by atoms with Crippen LogP contribution in [0.3, 0.4) is 0 Å². The summed E-state index contributed by atoms with van der Waals surface area (Å²) in [7, 11) is 0. The molecule has 98 valence electrons. The van der Waals surface area contributed by atoms with Gasteiger partial charge in [0.1, 0.15) is 5.82 Å². The molecule has 2 aromatic rings. The number of amides is 1. The van der Waals surface area contributed by atoms with Gasteiger partial charge in [-0.25, -0.2) is 9.97 Å². The fourth-order valence-corrected chi connectivity index (χ4v) is 1.74. The maximum absolute atomic E-state index is 12.1. The molecule has 0 aliphatic heterocycles. The maximum atomic E-state index is 12.1. The molecule has 1 amide bonds. The number of rotatable bonds is 3. The molecule has 0 unspecified atom stereocenters. The number of aromatic nitrogens is 2. The van der Waals surface area contributed by atoms with Crippen molar-refractivity contribution in [3.8, 4) is 0 Å². The molecule has 0 saturated heterocycles. The molecular weight excluding hydrogens is 238 g/mol. The van der Waals surface area contributed by atoms with Crippen LogP contribution in [-0.4, -0.2) is 15.9 Å². The number of nitrogens with zero attached hydrogens (tertiary/aromatic N) is 2. The van der Waals surface area contributed by atoms with Gasteiger partial charge in [0.05, 0.1) is 11.3 Å². The van der Waals surface area contributed by atoms with Crippen LogP contribution in [0.2, 0.25) is 0 Å². The van der Waals surface area contributed by atoms with E-state index < -0.39 is 0 Å². The van der Waals surface area contributed by atoms with E-state index in [9.17, 15) is 4.79 Å². The van der Waals surface area contributed by atoms with Gasteiger partial charge < -0.3 is 5.32 Å². The highest BCUT2D eigenvalue weighted by molar-refractivity contribution is 6.04.